The van der Waals surface area contributed by atoms with Crippen LogP contribution in [-0.4, -0.2) is 52.2 Å². The Balaban J connectivity index is 1.96. The van der Waals surface area contributed by atoms with Crippen molar-refractivity contribution in [1.29, 1.82) is 0 Å². The Hall–Kier alpha value is -3.42. The van der Waals surface area contributed by atoms with Gasteiger partial charge in [-0.25, -0.2) is 13.6 Å². The molecule has 6 nitrogen and oxygen atoms in total. The summed E-state index contributed by atoms with van der Waals surface area (Å²) in [7, 11) is 1.48. The number of aromatic hydroxyl groups is 1. The Morgan fingerprint density at radius 2 is 1.97 bits per heavy atom. The molecule has 0 bridgehead atoms. The molecule has 3 rings (SSSR count). The lowest BCUT2D eigenvalue weighted by molar-refractivity contribution is -0.137. The Morgan fingerprint density at radius 3 is 2.66 bits per heavy atom. The lowest BCUT2D eigenvalue weighted by Gasteiger charge is -2.30. The predicted octanol–water partition coefficient (Wildman–Crippen LogP) is 3.64. The van der Waals surface area contributed by atoms with Gasteiger partial charge < -0.3 is 20.0 Å². The van der Waals surface area contributed by atoms with E-state index >= 15 is 0 Å². The van der Waals surface area contributed by atoms with Crippen LogP contribution in [0.3, 0.4) is 0 Å². The minimum absolute atomic E-state index is 0.00108. The largest absolute Gasteiger partial charge is 0.508 e. The lowest BCUT2D eigenvalue weighted by Crippen LogP contribution is -2.42. The number of phenolic OH excluding ortho intramolecular Hbond substituents is 1. The summed E-state index contributed by atoms with van der Waals surface area (Å²) < 4.78 is 27.9. The van der Waals surface area contributed by atoms with Gasteiger partial charge in [-0.2, -0.15) is 0 Å². The summed E-state index contributed by atoms with van der Waals surface area (Å²) in [5, 5.41) is 18.7. The average Bonchev–Trinajstić information content (AvgIpc) is 3.12. The van der Waals surface area contributed by atoms with E-state index in [1.807, 2.05) is 0 Å². The summed E-state index contributed by atoms with van der Waals surface area (Å²) in [5.41, 5.74) is 1.07. The number of carbonyl (C=O) groups is 2. The Labute approximate surface area is 166 Å². The maximum absolute atomic E-state index is 14.3. The van der Waals surface area contributed by atoms with Crippen LogP contribution >= 0.6 is 0 Å². The van der Waals surface area contributed by atoms with E-state index in [1.165, 1.54) is 29.0 Å². The molecule has 0 fully saturated rings. The number of nitrogens with zero attached hydrogens (tertiary/aromatic N) is 2. The summed E-state index contributed by atoms with van der Waals surface area (Å²) in [6, 6.07) is 8.34. The molecule has 1 heterocycles. The molecule has 1 unspecified atom stereocenters. The van der Waals surface area contributed by atoms with Gasteiger partial charge in [0.05, 0.1) is 12.5 Å². The quantitative estimate of drug-likeness (QED) is 0.800. The molecule has 0 aliphatic carbocycles. The summed E-state index contributed by atoms with van der Waals surface area (Å²) in [5.74, 6) is -2.23. The van der Waals surface area contributed by atoms with Crippen molar-refractivity contribution in [3.05, 3.63) is 71.3 Å². The van der Waals surface area contributed by atoms with E-state index in [9.17, 15) is 23.5 Å². The van der Waals surface area contributed by atoms with E-state index < -0.39 is 29.7 Å². The number of halogens is 2. The summed E-state index contributed by atoms with van der Waals surface area (Å²) in [6.45, 7) is 0.0119. The van der Waals surface area contributed by atoms with E-state index in [0.717, 1.165) is 18.2 Å². The van der Waals surface area contributed by atoms with Gasteiger partial charge in [-0.3, -0.25) is 4.79 Å². The van der Waals surface area contributed by atoms with Gasteiger partial charge in [0.1, 0.15) is 17.4 Å². The molecule has 29 heavy (non-hydrogen) atoms. The van der Waals surface area contributed by atoms with Crippen molar-refractivity contribution in [2.75, 3.05) is 20.1 Å². The average molecular weight is 402 g/mol. The number of aliphatic carboxylic acids is 1. The van der Waals surface area contributed by atoms with Crippen molar-refractivity contribution in [1.82, 2.24) is 9.80 Å². The highest BCUT2D eigenvalue weighted by Gasteiger charge is 2.33. The Morgan fingerprint density at radius 1 is 1.21 bits per heavy atom. The van der Waals surface area contributed by atoms with Crippen molar-refractivity contribution < 1.29 is 28.6 Å². The summed E-state index contributed by atoms with van der Waals surface area (Å²) in [6.07, 6.45) is 1.43. The maximum atomic E-state index is 14.3. The zero-order chi connectivity index (χ0) is 21.1. The first-order chi connectivity index (χ1) is 13.8. The van der Waals surface area contributed by atoms with E-state index in [0.29, 0.717) is 11.1 Å². The fourth-order valence-electron chi connectivity index (χ4n) is 3.28. The number of phenols is 1. The van der Waals surface area contributed by atoms with Gasteiger partial charge >= 0.3 is 12.0 Å². The number of carbonyl (C=O) groups excluding carboxylic acids is 1. The third kappa shape index (κ3) is 4.53. The molecule has 152 valence electrons. The monoisotopic (exact) mass is 402 g/mol. The lowest BCUT2D eigenvalue weighted by atomic mass is 10.0. The van der Waals surface area contributed by atoms with Crippen LogP contribution in [0.2, 0.25) is 0 Å². The first-order valence-electron chi connectivity index (χ1n) is 8.95. The van der Waals surface area contributed by atoms with E-state index in [1.54, 1.807) is 18.2 Å². The van der Waals surface area contributed by atoms with Crippen LogP contribution in [0.4, 0.5) is 13.6 Å². The molecule has 8 heteroatoms. The highest BCUT2D eigenvalue weighted by molar-refractivity contribution is 5.82. The molecule has 1 aliphatic heterocycles. The second-order valence-corrected chi connectivity index (χ2v) is 6.83. The summed E-state index contributed by atoms with van der Waals surface area (Å²) >= 11 is 0. The van der Waals surface area contributed by atoms with Crippen LogP contribution in [0.5, 0.6) is 5.75 Å². The molecule has 2 N–H and O–H groups in total. The molecule has 1 aliphatic rings. The highest BCUT2D eigenvalue weighted by Crippen LogP contribution is 2.37. The van der Waals surface area contributed by atoms with E-state index in [4.69, 9.17) is 5.11 Å². The fraction of sp³-hybridized carbons (Fsp3) is 0.238. The maximum Gasteiger partial charge on any atom is 0.320 e. The second-order valence-electron chi connectivity index (χ2n) is 6.83. The molecule has 0 aromatic heterocycles. The molecule has 0 spiro atoms. The van der Waals surface area contributed by atoms with Crippen molar-refractivity contribution in [3.8, 4) is 5.75 Å². The van der Waals surface area contributed by atoms with Gasteiger partial charge in [0.25, 0.3) is 0 Å². The smallest absolute Gasteiger partial charge is 0.320 e. The molecule has 0 radical (unpaired) electrons. The molecule has 2 aromatic rings. The van der Waals surface area contributed by atoms with Gasteiger partial charge in [0.15, 0.2) is 0 Å². The number of benzene rings is 2. The first-order valence-corrected chi connectivity index (χ1v) is 8.95. The molecular weight excluding hydrogens is 382 g/mol. The number of amides is 2. The van der Waals surface area contributed by atoms with Crippen molar-refractivity contribution >= 4 is 17.6 Å². The Bertz CT molecular complexity index is 977. The number of urea groups is 1. The number of hydrogen-bond acceptors (Lipinski definition) is 3. The third-order valence-electron chi connectivity index (χ3n) is 4.75. The zero-order valence-electron chi connectivity index (χ0n) is 15.7. The number of hydrogen-bond donors (Lipinski definition) is 2. The van der Waals surface area contributed by atoms with Crippen LogP contribution < -0.4 is 0 Å². The van der Waals surface area contributed by atoms with Gasteiger partial charge in [-0.05, 0) is 41.5 Å². The van der Waals surface area contributed by atoms with Crippen LogP contribution in [0.15, 0.2) is 48.5 Å². The number of carboxylic acids is 1. The van der Waals surface area contributed by atoms with Gasteiger partial charge in [-0.15, -0.1) is 0 Å². The van der Waals surface area contributed by atoms with E-state index in [-0.39, 0.29) is 30.8 Å². The van der Waals surface area contributed by atoms with E-state index in [2.05, 4.69) is 0 Å². The number of carboxylic acid groups (broad SMARTS) is 1. The van der Waals surface area contributed by atoms with Gasteiger partial charge in [0, 0.05) is 25.7 Å². The molecule has 0 saturated carbocycles. The van der Waals surface area contributed by atoms with Crippen molar-refractivity contribution in [3.63, 3.8) is 0 Å². The predicted molar refractivity (Wildman–Crippen MR) is 102 cm³/mol. The van der Waals surface area contributed by atoms with Crippen LogP contribution in [0.1, 0.15) is 23.6 Å². The second kappa shape index (κ2) is 8.30. The van der Waals surface area contributed by atoms with Crippen LogP contribution in [-0.2, 0) is 4.79 Å². The number of rotatable bonds is 5. The standard InChI is InChI=1S/C21H20F2N2O4/c1-24(8-7-20(27)28)21(29)25-12-14(17-11-15(22)5-6-18(17)23)10-19(25)13-3-2-4-16(26)9-13/h2-6,9-11,19,26H,7-8,12H2,1H3,(H,27,28). The van der Waals surface area contributed by atoms with Crippen molar-refractivity contribution in [2.24, 2.45) is 0 Å². The zero-order valence-corrected chi connectivity index (χ0v) is 15.7. The molecule has 2 aromatic carbocycles. The first kappa shape index (κ1) is 20.3. The highest BCUT2D eigenvalue weighted by atomic mass is 19.1. The minimum atomic E-state index is -1.03. The van der Waals surface area contributed by atoms with Crippen LogP contribution in [0, 0.1) is 11.6 Å². The normalized spacial score (nSPS) is 15.9. The Kier molecular flexibility index (Phi) is 5.81. The molecular formula is C21H20F2N2O4. The SMILES string of the molecule is CN(CCC(=O)O)C(=O)N1CC(c2cc(F)ccc2F)=CC1c1cccc(O)c1. The summed E-state index contributed by atoms with van der Waals surface area (Å²) in [4.78, 5) is 26.5. The van der Waals surface area contributed by atoms with Gasteiger partial charge in [0.2, 0.25) is 0 Å². The molecule has 0 saturated heterocycles. The topological polar surface area (TPSA) is 81.1 Å². The minimum Gasteiger partial charge on any atom is -0.508 e. The van der Waals surface area contributed by atoms with Gasteiger partial charge in [-0.1, -0.05) is 18.2 Å². The molecule has 2 amide bonds. The van der Waals surface area contributed by atoms with Crippen LogP contribution in [0.25, 0.3) is 5.57 Å². The fourth-order valence-corrected chi connectivity index (χ4v) is 3.28. The molecule has 1 atom stereocenters. The van der Waals surface area contributed by atoms with Crippen molar-refractivity contribution in [2.45, 2.75) is 12.5 Å². The third-order valence-corrected chi connectivity index (χ3v) is 4.75.